The molecule has 0 aliphatic rings. The minimum atomic E-state index is -0.0209. The predicted octanol–water partition coefficient (Wildman–Crippen LogP) is 1.56. The Kier molecular flexibility index (Phi) is 3.08. The molecule has 2 aromatic rings. The Balaban J connectivity index is 2.36. The molecule has 0 unspecified atom stereocenters. The van der Waals surface area contributed by atoms with Crippen LogP contribution in [0.25, 0.3) is 11.4 Å². The molecule has 0 atom stereocenters. The van der Waals surface area contributed by atoms with Crippen molar-refractivity contribution < 1.29 is 5.11 Å². The van der Waals surface area contributed by atoms with Crippen molar-refractivity contribution in [3.05, 3.63) is 16.5 Å². The number of aliphatic hydroxyl groups is 1. The van der Waals surface area contributed by atoms with Crippen LogP contribution in [0.5, 0.6) is 0 Å². The van der Waals surface area contributed by atoms with E-state index in [1.54, 1.807) is 16.4 Å². The van der Waals surface area contributed by atoms with Crippen molar-refractivity contribution in [1.82, 2.24) is 14.8 Å². The molecule has 6 heteroatoms. The number of aliphatic hydroxyl groups excluding tert-OH is 1. The molecule has 0 bridgehead atoms. The van der Waals surface area contributed by atoms with Crippen LogP contribution in [0.15, 0.2) is 10.4 Å². The van der Waals surface area contributed by atoms with Crippen LogP contribution in [-0.4, -0.2) is 26.1 Å². The molecule has 0 saturated carbocycles. The molecule has 1 N–H and O–H groups in total. The summed E-state index contributed by atoms with van der Waals surface area (Å²) in [6.07, 6.45) is 1.98. The molecule has 0 saturated heterocycles. The number of aromatic nitrogens is 3. The summed E-state index contributed by atoms with van der Waals surface area (Å²) in [6, 6.07) is 3.16. The van der Waals surface area contributed by atoms with Crippen molar-refractivity contribution in [3.8, 4) is 11.4 Å². The van der Waals surface area contributed by atoms with Crippen LogP contribution in [0.2, 0.25) is 0 Å². The van der Waals surface area contributed by atoms with Gasteiger partial charge in [-0.1, -0.05) is 0 Å². The third kappa shape index (κ3) is 2.06. The molecule has 0 fully saturated rings. The van der Waals surface area contributed by atoms with E-state index in [0.29, 0.717) is 5.01 Å². The first-order valence-corrected chi connectivity index (χ1v) is 6.41. The van der Waals surface area contributed by atoms with Crippen LogP contribution in [-0.2, 0) is 13.7 Å². The van der Waals surface area contributed by atoms with Crippen LogP contribution >= 0.6 is 23.1 Å². The summed E-state index contributed by atoms with van der Waals surface area (Å²) < 4.78 is 1.78. The standard InChI is InChI=1S/C9H10N3OS2/c1-12-9(14-2)3-6(11-12)7-5-15-8(4-13)10-7/h5,13H,4H2,1-2H3. The molecular formula is C9H10N3OS2. The summed E-state index contributed by atoms with van der Waals surface area (Å²) in [6.45, 7) is -0.0209. The van der Waals surface area contributed by atoms with E-state index in [0.717, 1.165) is 16.4 Å². The summed E-state index contributed by atoms with van der Waals surface area (Å²) >= 11 is 3.02. The maximum absolute atomic E-state index is 8.91. The average Bonchev–Trinajstić information content (AvgIpc) is 2.83. The highest BCUT2D eigenvalue weighted by Crippen LogP contribution is 2.24. The van der Waals surface area contributed by atoms with Gasteiger partial charge in [0.05, 0.1) is 6.61 Å². The van der Waals surface area contributed by atoms with Crippen molar-refractivity contribution >= 4 is 23.1 Å². The van der Waals surface area contributed by atoms with Crippen LogP contribution in [0.3, 0.4) is 0 Å². The Labute approximate surface area is 96.0 Å². The first-order chi connectivity index (χ1) is 7.24. The molecule has 15 heavy (non-hydrogen) atoms. The number of rotatable bonds is 3. The maximum Gasteiger partial charge on any atom is 0.121 e. The summed E-state index contributed by atoms with van der Waals surface area (Å²) in [5, 5.41) is 16.8. The van der Waals surface area contributed by atoms with Gasteiger partial charge in [0.1, 0.15) is 21.4 Å². The molecule has 0 amide bonds. The van der Waals surface area contributed by atoms with E-state index in [1.807, 2.05) is 18.7 Å². The highest BCUT2D eigenvalue weighted by molar-refractivity contribution is 7.98. The smallest absolute Gasteiger partial charge is 0.121 e. The second kappa shape index (κ2) is 4.34. The first kappa shape index (κ1) is 10.7. The Morgan fingerprint density at radius 1 is 1.67 bits per heavy atom. The molecule has 2 heterocycles. The molecule has 0 aromatic carbocycles. The summed E-state index contributed by atoms with van der Waals surface area (Å²) in [7, 11) is 1.88. The van der Waals surface area contributed by atoms with E-state index in [2.05, 4.69) is 16.1 Å². The highest BCUT2D eigenvalue weighted by Gasteiger charge is 2.10. The van der Waals surface area contributed by atoms with Gasteiger partial charge in [-0.3, -0.25) is 4.68 Å². The molecule has 2 aromatic heterocycles. The molecule has 0 aliphatic carbocycles. The molecule has 79 valence electrons. The normalized spacial score (nSPS) is 10.9. The van der Waals surface area contributed by atoms with Gasteiger partial charge in [0, 0.05) is 18.5 Å². The Morgan fingerprint density at radius 2 is 2.47 bits per heavy atom. The third-order valence-electron chi connectivity index (χ3n) is 1.89. The zero-order valence-corrected chi connectivity index (χ0v) is 10.0. The lowest BCUT2D eigenvalue weighted by Gasteiger charge is -1.92. The van der Waals surface area contributed by atoms with E-state index in [1.165, 1.54) is 11.3 Å². The fraction of sp³-hybridized carbons (Fsp3) is 0.333. The number of thiazole rings is 1. The monoisotopic (exact) mass is 240 g/mol. The van der Waals surface area contributed by atoms with E-state index in [4.69, 9.17) is 5.11 Å². The number of aryl methyl sites for hydroxylation is 1. The van der Waals surface area contributed by atoms with Gasteiger partial charge in [-0.15, -0.1) is 23.1 Å². The summed E-state index contributed by atoms with van der Waals surface area (Å²) in [5.74, 6) is 0. The molecular weight excluding hydrogens is 230 g/mol. The maximum atomic E-state index is 8.91. The average molecular weight is 240 g/mol. The van der Waals surface area contributed by atoms with E-state index >= 15 is 0 Å². The topological polar surface area (TPSA) is 50.9 Å². The summed E-state index contributed by atoms with van der Waals surface area (Å²) in [4.78, 5) is 4.24. The van der Waals surface area contributed by atoms with Crippen LogP contribution < -0.4 is 0 Å². The lowest BCUT2D eigenvalue weighted by Crippen LogP contribution is -1.91. The van der Waals surface area contributed by atoms with Crippen LogP contribution in [0.1, 0.15) is 5.01 Å². The van der Waals surface area contributed by atoms with Crippen LogP contribution in [0.4, 0.5) is 0 Å². The largest absolute Gasteiger partial charge is 0.389 e. The predicted molar refractivity (Wildman–Crippen MR) is 60.9 cm³/mol. The molecule has 1 radical (unpaired) electrons. The van der Waals surface area contributed by atoms with E-state index in [9.17, 15) is 0 Å². The van der Waals surface area contributed by atoms with Gasteiger partial charge < -0.3 is 5.11 Å². The number of thioether (sulfide) groups is 1. The van der Waals surface area contributed by atoms with Crippen molar-refractivity contribution in [3.63, 3.8) is 0 Å². The zero-order chi connectivity index (χ0) is 10.8. The lowest BCUT2D eigenvalue weighted by atomic mass is 10.3. The Bertz CT molecular complexity index is 464. The van der Waals surface area contributed by atoms with Crippen molar-refractivity contribution in [2.45, 2.75) is 11.6 Å². The van der Waals surface area contributed by atoms with Gasteiger partial charge in [0.2, 0.25) is 0 Å². The van der Waals surface area contributed by atoms with E-state index < -0.39 is 0 Å². The quantitative estimate of drug-likeness (QED) is 0.827. The Hall–Kier alpha value is -0.850. The second-order valence-corrected chi connectivity index (χ2v) is 4.63. The third-order valence-corrected chi connectivity index (χ3v) is 3.48. The van der Waals surface area contributed by atoms with Gasteiger partial charge in [-0.25, -0.2) is 4.98 Å². The minimum absolute atomic E-state index is 0.0209. The first-order valence-electron chi connectivity index (χ1n) is 4.30. The van der Waals surface area contributed by atoms with E-state index in [-0.39, 0.29) is 6.61 Å². The molecule has 4 nitrogen and oxygen atoms in total. The fourth-order valence-corrected chi connectivity index (χ4v) is 2.33. The van der Waals surface area contributed by atoms with Crippen molar-refractivity contribution in [2.75, 3.05) is 6.26 Å². The molecule has 0 aliphatic heterocycles. The van der Waals surface area contributed by atoms with Gasteiger partial charge in [-0.2, -0.15) is 5.10 Å². The second-order valence-electron chi connectivity index (χ2n) is 2.89. The molecule has 0 spiro atoms. The fourth-order valence-electron chi connectivity index (χ4n) is 1.19. The minimum Gasteiger partial charge on any atom is -0.389 e. The lowest BCUT2D eigenvalue weighted by molar-refractivity contribution is 0.281. The number of hydrogen-bond acceptors (Lipinski definition) is 5. The van der Waals surface area contributed by atoms with Gasteiger partial charge in [0.15, 0.2) is 0 Å². The number of hydrogen-bond donors (Lipinski definition) is 1. The van der Waals surface area contributed by atoms with Gasteiger partial charge in [0.25, 0.3) is 0 Å². The summed E-state index contributed by atoms with van der Waals surface area (Å²) in [5.41, 5.74) is 1.51. The highest BCUT2D eigenvalue weighted by atomic mass is 32.2. The Morgan fingerprint density at radius 3 is 3.00 bits per heavy atom. The zero-order valence-electron chi connectivity index (χ0n) is 8.39. The van der Waals surface area contributed by atoms with Crippen molar-refractivity contribution in [2.24, 2.45) is 7.05 Å². The van der Waals surface area contributed by atoms with Crippen LogP contribution in [0, 0.1) is 6.07 Å². The van der Waals surface area contributed by atoms with Crippen molar-refractivity contribution in [1.29, 1.82) is 0 Å². The SMILES string of the molecule is CSc1[c]c(-c2csc(CO)n2)nn1C. The van der Waals surface area contributed by atoms with Gasteiger partial charge in [-0.05, 0) is 6.26 Å². The number of nitrogens with zero attached hydrogens (tertiary/aromatic N) is 3. The van der Waals surface area contributed by atoms with Gasteiger partial charge >= 0.3 is 0 Å². The molecule has 2 rings (SSSR count).